The van der Waals surface area contributed by atoms with Gasteiger partial charge < -0.3 is 5.32 Å². The predicted molar refractivity (Wildman–Crippen MR) is 115 cm³/mol. The molecule has 4 rings (SSSR count). The summed E-state index contributed by atoms with van der Waals surface area (Å²) in [6.45, 7) is 6.00. The van der Waals surface area contributed by atoms with E-state index in [0.29, 0.717) is 26.6 Å². The first-order chi connectivity index (χ1) is 13.3. The Hall–Kier alpha value is -2.41. The predicted octanol–water partition coefficient (Wildman–Crippen LogP) is 5.97. The first kappa shape index (κ1) is 18.9. The minimum atomic E-state index is -0.337. The van der Waals surface area contributed by atoms with Gasteiger partial charge in [-0.1, -0.05) is 34.5 Å². The molecule has 0 fully saturated rings. The van der Waals surface area contributed by atoms with Crippen LogP contribution >= 0.6 is 34.5 Å². The van der Waals surface area contributed by atoms with Crippen molar-refractivity contribution >= 4 is 56.5 Å². The third-order valence-corrected chi connectivity index (χ3v) is 5.96. The molecule has 0 saturated carbocycles. The number of carbonyl (C=O) groups is 1. The molecule has 0 saturated heterocycles. The molecule has 0 spiro atoms. The van der Waals surface area contributed by atoms with Gasteiger partial charge in [-0.3, -0.25) is 4.79 Å². The fourth-order valence-corrected chi connectivity index (χ4v) is 4.36. The van der Waals surface area contributed by atoms with Crippen LogP contribution in [-0.4, -0.2) is 20.7 Å². The van der Waals surface area contributed by atoms with Crippen molar-refractivity contribution < 1.29 is 4.79 Å². The second-order valence-corrected chi connectivity index (χ2v) is 8.41. The second-order valence-electron chi connectivity index (χ2n) is 6.56. The number of hydrogen-bond acceptors (Lipinski definition) is 4. The van der Waals surface area contributed by atoms with Crippen LogP contribution in [0.4, 0.5) is 5.82 Å². The van der Waals surface area contributed by atoms with Gasteiger partial charge in [0, 0.05) is 11.1 Å². The van der Waals surface area contributed by atoms with Gasteiger partial charge in [-0.2, -0.15) is 9.78 Å². The molecule has 1 N–H and O–H groups in total. The zero-order chi connectivity index (χ0) is 20.0. The van der Waals surface area contributed by atoms with E-state index >= 15 is 0 Å². The van der Waals surface area contributed by atoms with Crippen LogP contribution in [0.3, 0.4) is 0 Å². The first-order valence-electron chi connectivity index (χ1n) is 8.53. The Morgan fingerprint density at radius 3 is 2.57 bits per heavy atom. The smallest absolute Gasteiger partial charge is 0.258 e. The average Bonchev–Trinajstić information content (AvgIpc) is 3.18. The molecular formula is C20H16Cl2N4OS. The topological polar surface area (TPSA) is 59.8 Å². The lowest BCUT2D eigenvalue weighted by atomic mass is 10.1. The number of nitrogens with one attached hydrogen (secondary N) is 1. The molecule has 0 aliphatic heterocycles. The molecule has 0 bridgehead atoms. The van der Waals surface area contributed by atoms with E-state index in [-0.39, 0.29) is 5.91 Å². The largest absolute Gasteiger partial charge is 0.306 e. The number of halogens is 2. The first-order valence-corrected chi connectivity index (χ1v) is 10.1. The van der Waals surface area contributed by atoms with E-state index in [4.69, 9.17) is 28.2 Å². The molecule has 0 atom stereocenters. The number of aromatic nitrogens is 3. The summed E-state index contributed by atoms with van der Waals surface area (Å²) in [4.78, 5) is 17.4. The van der Waals surface area contributed by atoms with Crippen molar-refractivity contribution in [1.29, 1.82) is 0 Å². The number of amides is 1. The Morgan fingerprint density at radius 1 is 1.07 bits per heavy atom. The molecule has 2 aromatic heterocycles. The summed E-state index contributed by atoms with van der Waals surface area (Å²) in [5, 5.41) is 8.82. The van der Waals surface area contributed by atoms with Gasteiger partial charge in [0.05, 0.1) is 26.5 Å². The molecule has 2 heterocycles. The van der Waals surface area contributed by atoms with Crippen LogP contribution in [0.5, 0.6) is 0 Å². The van der Waals surface area contributed by atoms with E-state index in [9.17, 15) is 4.79 Å². The maximum atomic E-state index is 12.7. The molecule has 1 amide bonds. The van der Waals surface area contributed by atoms with E-state index in [1.165, 1.54) is 22.5 Å². The zero-order valence-electron chi connectivity index (χ0n) is 15.4. The monoisotopic (exact) mass is 430 g/mol. The van der Waals surface area contributed by atoms with Crippen LogP contribution in [0.15, 0.2) is 36.4 Å². The number of thiazole rings is 1. The van der Waals surface area contributed by atoms with Crippen LogP contribution in [0.2, 0.25) is 10.0 Å². The van der Waals surface area contributed by atoms with Crippen LogP contribution < -0.4 is 5.32 Å². The number of benzene rings is 2. The minimum absolute atomic E-state index is 0.290. The normalized spacial score (nSPS) is 11.2. The van der Waals surface area contributed by atoms with E-state index in [1.54, 1.807) is 28.9 Å². The zero-order valence-corrected chi connectivity index (χ0v) is 17.7. The summed E-state index contributed by atoms with van der Waals surface area (Å²) < 4.78 is 2.72. The molecule has 142 valence electrons. The Morgan fingerprint density at radius 2 is 1.82 bits per heavy atom. The van der Waals surface area contributed by atoms with E-state index in [0.717, 1.165) is 15.9 Å². The number of carbonyl (C=O) groups excluding carboxylic acids is 1. The van der Waals surface area contributed by atoms with Crippen molar-refractivity contribution in [2.24, 2.45) is 0 Å². The Labute approximate surface area is 175 Å². The van der Waals surface area contributed by atoms with Gasteiger partial charge in [0.15, 0.2) is 0 Å². The highest BCUT2D eigenvalue weighted by Crippen LogP contribution is 2.30. The third-order valence-electron chi connectivity index (χ3n) is 4.42. The third kappa shape index (κ3) is 3.51. The molecule has 0 unspecified atom stereocenters. The number of anilines is 1. The molecule has 0 aliphatic carbocycles. The molecule has 28 heavy (non-hydrogen) atoms. The summed E-state index contributed by atoms with van der Waals surface area (Å²) in [5.74, 6) is 0.191. The highest BCUT2D eigenvalue weighted by molar-refractivity contribution is 7.20. The molecule has 2 aromatic carbocycles. The number of aryl methyl sites for hydroxylation is 3. The van der Waals surface area contributed by atoms with E-state index in [1.807, 2.05) is 6.92 Å². The summed E-state index contributed by atoms with van der Waals surface area (Å²) in [6.07, 6.45) is 0. The van der Waals surface area contributed by atoms with Gasteiger partial charge in [-0.15, -0.1) is 0 Å². The Kier molecular flexibility index (Phi) is 4.87. The lowest BCUT2D eigenvalue weighted by Crippen LogP contribution is -2.15. The molecule has 4 aromatic rings. The maximum Gasteiger partial charge on any atom is 0.258 e. The molecule has 0 aliphatic rings. The standard InChI is InChI=1S/C20H16Cl2N4OS/c1-10-6-16-17(7-11(10)2)28-20(23-16)26-18(8-12(3)25-26)24-19(27)14-5-4-13(21)9-15(14)22/h4-9H,1-3H3,(H,24,27). The van der Waals surface area contributed by atoms with Gasteiger partial charge in [0.1, 0.15) is 5.82 Å². The van der Waals surface area contributed by atoms with Crippen molar-refractivity contribution in [3.8, 4) is 5.13 Å². The highest BCUT2D eigenvalue weighted by Gasteiger charge is 2.17. The lowest BCUT2D eigenvalue weighted by Gasteiger charge is -2.08. The molecule has 8 heteroatoms. The van der Waals surface area contributed by atoms with Gasteiger partial charge in [-0.25, -0.2) is 4.98 Å². The summed E-state index contributed by atoms with van der Waals surface area (Å²) in [6, 6.07) is 10.7. The maximum absolute atomic E-state index is 12.7. The molecule has 0 radical (unpaired) electrons. The van der Waals surface area contributed by atoms with E-state index in [2.05, 4.69) is 36.4 Å². The number of fused-ring (bicyclic) bond motifs is 1. The Bertz CT molecular complexity index is 1190. The van der Waals surface area contributed by atoms with Crippen molar-refractivity contribution in [3.63, 3.8) is 0 Å². The Balaban J connectivity index is 1.72. The van der Waals surface area contributed by atoms with Crippen molar-refractivity contribution in [1.82, 2.24) is 14.8 Å². The van der Waals surface area contributed by atoms with Crippen LogP contribution in [0.1, 0.15) is 27.2 Å². The van der Waals surface area contributed by atoms with Gasteiger partial charge in [0.2, 0.25) is 5.13 Å². The lowest BCUT2D eigenvalue weighted by molar-refractivity contribution is 0.102. The van der Waals surface area contributed by atoms with Crippen molar-refractivity contribution in [2.45, 2.75) is 20.8 Å². The number of nitrogens with zero attached hydrogens (tertiary/aromatic N) is 3. The molecular weight excluding hydrogens is 415 g/mol. The van der Waals surface area contributed by atoms with Crippen molar-refractivity contribution in [3.05, 3.63) is 68.8 Å². The van der Waals surface area contributed by atoms with Gasteiger partial charge in [0.25, 0.3) is 5.91 Å². The summed E-state index contributed by atoms with van der Waals surface area (Å²) in [7, 11) is 0. The fourth-order valence-electron chi connectivity index (χ4n) is 2.85. The quantitative estimate of drug-likeness (QED) is 0.435. The second kappa shape index (κ2) is 7.20. The average molecular weight is 431 g/mol. The van der Waals surface area contributed by atoms with E-state index < -0.39 is 0 Å². The molecule has 5 nitrogen and oxygen atoms in total. The minimum Gasteiger partial charge on any atom is -0.306 e. The van der Waals surface area contributed by atoms with Crippen molar-refractivity contribution in [2.75, 3.05) is 5.32 Å². The number of hydrogen-bond donors (Lipinski definition) is 1. The summed E-state index contributed by atoms with van der Waals surface area (Å²) >= 11 is 13.6. The SMILES string of the molecule is Cc1cc(NC(=O)c2ccc(Cl)cc2Cl)n(-c2nc3cc(C)c(C)cc3s2)n1. The van der Waals surface area contributed by atoms with Gasteiger partial charge in [-0.05, 0) is 62.2 Å². The van der Waals surface area contributed by atoms with Crippen LogP contribution in [0.25, 0.3) is 15.3 Å². The number of rotatable bonds is 3. The van der Waals surface area contributed by atoms with Gasteiger partial charge >= 0.3 is 0 Å². The van der Waals surface area contributed by atoms with Crippen LogP contribution in [-0.2, 0) is 0 Å². The highest BCUT2D eigenvalue weighted by atomic mass is 35.5. The fraction of sp³-hybridized carbons (Fsp3) is 0.150. The summed E-state index contributed by atoms with van der Waals surface area (Å²) in [5.41, 5.74) is 4.42. The van der Waals surface area contributed by atoms with Crippen LogP contribution in [0, 0.1) is 20.8 Å².